The lowest BCUT2D eigenvalue weighted by atomic mass is 10.0. The van der Waals surface area contributed by atoms with Crippen LogP contribution in [-0.4, -0.2) is 44.8 Å². The highest BCUT2D eigenvalue weighted by Crippen LogP contribution is 2.12. The Balaban J connectivity index is 3.92. The molecule has 28 heavy (non-hydrogen) atoms. The third-order valence-corrected chi connectivity index (χ3v) is 4.96. The Hall–Kier alpha value is -1.04. The molecule has 0 saturated heterocycles. The fraction of sp³-hybridized carbons (Fsp3) is 0.833. The topological polar surface area (TPSA) is 80.9 Å². The van der Waals surface area contributed by atoms with Crippen molar-refractivity contribution in [3.8, 4) is 23.7 Å². The zero-order valence-corrected chi connectivity index (χ0v) is 18.0. The van der Waals surface area contributed by atoms with E-state index in [4.69, 9.17) is 0 Å². The number of hydrogen-bond donors (Lipinski definition) is 4. The molecule has 0 bridgehead atoms. The Kier molecular flexibility index (Phi) is 18.6. The van der Waals surface area contributed by atoms with Gasteiger partial charge >= 0.3 is 0 Å². The third kappa shape index (κ3) is 16.0. The average molecular weight is 395 g/mol. The second kappa shape index (κ2) is 19.3. The van der Waals surface area contributed by atoms with Gasteiger partial charge in [0.25, 0.3) is 0 Å². The van der Waals surface area contributed by atoms with E-state index >= 15 is 0 Å². The van der Waals surface area contributed by atoms with Crippen LogP contribution in [0.1, 0.15) is 104 Å². The molecular formula is C24H42O4. The van der Waals surface area contributed by atoms with Gasteiger partial charge in [-0.25, -0.2) is 0 Å². The number of aliphatic hydroxyl groups is 4. The zero-order chi connectivity index (χ0) is 21.0. The first kappa shape index (κ1) is 27.0. The number of hydrogen-bond acceptors (Lipinski definition) is 4. The molecule has 0 aliphatic carbocycles. The lowest BCUT2D eigenvalue weighted by Crippen LogP contribution is -2.25. The van der Waals surface area contributed by atoms with Gasteiger partial charge in [0, 0.05) is 12.8 Å². The minimum atomic E-state index is -0.847. The van der Waals surface area contributed by atoms with Crippen LogP contribution in [0, 0.1) is 23.7 Å². The van der Waals surface area contributed by atoms with Crippen molar-refractivity contribution in [3.05, 3.63) is 0 Å². The Morgan fingerprint density at radius 3 is 1.21 bits per heavy atom. The van der Waals surface area contributed by atoms with Crippen molar-refractivity contribution in [1.82, 2.24) is 0 Å². The van der Waals surface area contributed by atoms with Crippen molar-refractivity contribution in [3.63, 3.8) is 0 Å². The van der Waals surface area contributed by atoms with Gasteiger partial charge < -0.3 is 20.4 Å². The van der Waals surface area contributed by atoms with Crippen molar-refractivity contribution in [2.24, 2.45) is 0 Å². The molecule has 0 unspecified atom stereocenters. The standard InChI is InChI=1S/C24H42O4/c1-3-5-7-9-13-17-21(25)23(27)19-15-11-12-16-20-24(28)22(26)18-14-10-8-6-4-2/h21-28H,3-10,13-14,17-20H2,1-2H3/t21-,22-,23-,24-/m1/s1. The summed E-state index contributed by atoms with van der Waals surface area (Å²) in [6.07, 6.45) is 9.58. The normalized spacial score (nSPS) is 14.9. The molecule has 0 aliphatic heterocycles. The molecule has 4 nitrogen and oxygen atoms in total. The van der Waals surface area contributed by atoms with Crippen LogP contribution in [0.25, 0.3) is 0 Å². The quantitative estimate of drug-likeness (QED) is 0.236. The van der Waals surface area contributed by atoms with Gasteiger partial charge in [-0.15, -0.1) is 0 Å². The van der Waals surface area contributed by atoms with Crippen LogP contribution in [0.15, 0.2) is 0 Å². The molecule has 4 atom stereocenters. The maximum atomic E-state index is 9.91. The van der Waals surface area contributed by atoms with Crippen molar-refractivity contribution in [2.75, 3.05) is 0 Å². The Bertz CT molecular complexity index is 424. The Morgan fingerprint density at radius 2 is 0.857 bits per heavy atom. The zero-order valence-electron chi connectivity index (χ0n) is 18.0. The summed E-state index contributed by atoms with van der Waals surface area (Å²) in [4.78, 5) is 0. The monoisotopic (exact) mass is 394 g/mol. The van der Waals surface area contributed by atoms with Crippen molar-refractivity contribution < 1.29 is 20.4 Å². The van der Waals surface area contributed by atoms with E-state index < -0.39 is 24.4 Å². The molecule has 162 valence electrons. The van der Waals surface area contributed by atoms with Crippen LogP contribution >= 0.6 is 0 Å². The molecule has 0 saturated carbocycles. The van der Waals surface area contributed by atoms with Crippen LogP contribution < -0.4 is 0 Å². The summed E-state index contributed by atoms with van der Waals surface area (Å²) in [5, 5.41) is 39.6. The highest BCUT2D eigenvalue weighted by atomic mass is 16.3. The lowest BCUT2D eigenvalue weighted by Gasteiger charge is -2.15. The number of rotatable bonds is 16. The molecule has 0 radical (unpaired) electrons. The molecule has 0 spiro atoms. The highest BCUT2D eigenvalue weighted by Gasteiger charge is 2.15. The van der Waals surface area contributed by atoms with Crippen molar-refractivity contribution in [1.29, 1.82) is 0 Å². The smallest absolute Gasteiger partial charge is 0.0908 e. The average Bonchev–Trinajstić information content (AvgIpc) is 2.69. The van der Waals surface area contributed by atoms with E-state index in [0.29, 0.717) is 12.8 Å². The van der Waals surface area contributed by atoms with Crippen LogP contribution in [0.5, 0.6) is 0 Å². The highest BCUT2D eigenvalue weighted by molar-refractivity contribution is 5.26. The van der Waals surface area contributed by atoms with E-state index in [9.17, 15) is 20.4 Å². The Labute approximate surface area is 172 Å². The molecule has 0 aromatic carbocycles. The van der Waals surface area contributed by atoms with Crippen molar-refractivity contribution >= 4 is 0 Å². The van der Waals surface area contributed by atoms with Gasteiger partial charge in [0.1, 0.15) is 0 Å². The van der Waals surface area contributed by atoms with Crippen molar-refractivity contribution in [2.45, 2.75) is 128 Å². The van der Waals surface area contributed by atoms with E-state index in [1.54, 1.807) is 0 Å². The van der Waals surface area contributed by atoms with Gasteiger partial charge in [-0.1, -0.05) is 89.9 Å². The molecule has 0 aromatic heterocycles. The minimum absolute atomic E-state index is 0.188. The summed E-state index contributed by atoms with van der Waals surface area (Å²) in [5.74, 6) is 10.8. The summed E-state index contributed by atoms with van der Waals surface area (Å²) in [6.45, 7) is 4.33. The lowest BCUT2D eigenvalue weighted by molar-refractivity contribution is 0.0164. The van der Waals surface area contributed by atoms with E-state index in [0.717, 1.165) is 25.7 Å². The maximum absolute atomic E-state index is 9.91. The minimum Gasteiger partial charge on any atom is -0.390 e. The first-order valence-corrected chi connectivity index (χ1v) is 11.2. The summed E-state index contributed by atoms with van der Waals surface area (Å²) < 4.78 is 0. The van der Waals surface area contributed by atoms with Gasteiger partial charge in [-0.2, -0.15) is 0 Å². The molecular weight excluding hydrogens is 352 g/mol. The van der Waals surface area contributed by atoms with Gasteiger partial charge in [-0.05, 0) is 24.7 Å². The van der Waals surface area contributed by atoms with Crippen LogP contribution in [-0.2, 0) is 0 Å². The number of aliphatic hydroxyl groups excluding tert-OH is 4. The van der Waals surface area contributed by atoms with Gasteiger partial charge in [0.2, 0.25) is 0 Å². The third-order valence-electron chi connectivity index (χ3n) is 4.96. The van der Waals surface area contributed by atoms with Gasteiger partial charge in [0.15, 0.2) is 0 Å². The maximum Gasteiger partial charge on any atom is 0.0908 e. The van der Waals surface area contributed by atoms with Crippen LogP contribution in [0.2, 0.25) is 0 Å². The molecule has 0 aromatic rings. The van der Waals surface area contributed by atoms with E-state index in [1.165, 1.54) is 38.5 Å². The van der Waals surface area contributed by atoms with Crippen LogP contribution in [0.4, 0.5) is 0 Å². The second-order valence-corrected chi connectivity index (χ2v) is 7.69. The predicted octanol–water partition coefficient (Wildman–Crippen LogP) is 3.94. The second-order valence-electron chi connectivity index (χ2n) is 7.69. The SMILES string of the molecule is CCCCCCC[C@@H](O)[C@H](O)CC#CC#CC[C@@H](O)[C@H](O)CCCCCCC. The molecule has 4 heteroatoms. The molecule has 4 N–H and O–H groups in total. The van der Waals surface area contributed by atoms with E-state index in [-0.39, 0.29) is 12.8 Å². The first-order valence-electron chi connectivity index (χ1n) is 11.2. The molecule has 0 heterocycles. The fourth-order valence-electron chi connectivity index (χ4n) is 2.97. The van der Waals surface area contributed by atoms with Crippen LogP contribution in [0.3, 0.4) is 0 Å². The Morgan fingerprint density at radius 1 is 0.500 bits per heavy atom. The summed E-state index contributed by atoms with van der Waals surface area (Å²) in [5.41, 5.74) is 0. The number of unbranched alkanes of at least 4 members (excludes halogenated alkanes) is 8. The first-order chi connectivity index (χ1) is 13.5. The fourth-order valence-corrected chi connectivity index (χ4v) is 2.97. The molecule has 0 rings (SSSR count). The summed E-state index contributed by atoms with van der Waals surface area (Å²) >= 11 is 0. The molecule has 0 amide bonds. The molecule has 0 fully saturated rings. The summed E-state index contributed by atoms with van der Waals surface area (Å²) in [6, 6.07) is 0. The molecule has 0 aliphatic rings. The predicted molar refractivity (Wildman–Crippen MR) is 116 cm³/mol. The van der Waals surface area contributed by atoms with Gasteiger partial charge in [-0.3, -0.25) is 0 Å². The van der Waals surface area contributed by atoms with E-state index in [1.807, 2.05) is 0 Å². The largest absolute Gasteiger partial charge is 0.390 e. The van der Waals surface area contributed by atoms with Gasteiger partial charge in [0.05, 0.1) is 24.4 Å². The summed E-state index contributed by atoms with van der Waals surface area (Å²) in [7, 11) is 0. The van der Waals surface area contributed by atoms with E-state index in [2.05, 4.69) is 37.5 Å².